The van der Waals surface area contributed by atoms with E-state index in [1.54, 1.807) is 30.4 Å². The first-order chi connectivity index (χ1) is 12.2. The van der Waals surface area contributed by atoms with E-state index < -0.39 is 0 Å². The predicted octanol–water partition coefficient (Wildman–Crippen LogP) is 4.91. The molecule has 0 aliphatic carbocycles. The van der Waals surface area contributed by atoms with Crippen molar-refractivity contribution in [2.45, 2.75) is 13.3 Å². The van der Waals surface area contributed by atoms with E-state index in [2.05, 4.69) is 22.9 Å². The number of ketones is 1. The maximum Gasteiger partial charge on any atom is 0.185 e. The lowest BCUT2D eigenvalue weighted by Crippen LogP contribution is -2.15. The number of hydrogen-bond donors (Lipinski definition) is 0. The quantitative estimate of drug-likeness (QED) is 0.508. The van der Waals surface area contributed by atoms with Crippen molar-refractivity contribution in [1.29, 1.82) is 0 Å². The average Bonchev–Trinajstić information content (AvgIpc) is 2.65. The molecule has 3 rings (SSSR count). The van der Waals surface area contributed by atoms with E-state index in [1.807, 2.05) is 18.2 Å². The zero-order valence-electron chi connectivity index (χ0n) is 14.0. The Bertz CT molecular complexity index is 798. The van der Waals surface area contributed by atoms with E-state index >= 15 is 0 Å². The molecule has 0 saturated heterocycles. The Morgan fingerprint density at radius 2 is 1.96 bits per heavy atom. The van der Waals surface area contributed by atoms with E-state index in [1.165, 1.54) is 0 Å². The molecule has 0 aromatic heterocycles. The minimum absolute atomic E-state index is 0.0987. The molecule has 0 bridgehead atoms. The van der Waals surface area contributed by atoms with E-state index in [9.17, 15) is 4.79 Å². The summed E-state index contributed by atoms with van der Waals surface area (Å²) in [7, 11) is 0. The number of benzene rings is 2. The summed E-state index contributed by atoms with van der Waals surface area (Å²) in [5.74, 6) is 1.95. The molecule has 25 heavy (non-hydrogen) atoms. The number of allylic oxidation sites excluding steroid dienone is 1. The fraction of sp³-hybridized carbons (Fsp3) is 0.250. The Labute approximate surface area is 155 Å². The Morgan fingerprint density at radius 1 is 1.16 bits per heavy atom. The Hall–Kier alpha value is -2.27. The molecule has 0 fully saturated rings. The molecule has 1 aliphatic heterocycles. The highest BCUT2D eigenvalue weighted by Crippen LogP contribution is 2.31. The van der Waals surface area contributed by atoms with E-state index in [0.717, 1.165) is 22.2 Å². The first kappa shape index (κ1) is 17.5. The minimum Gasteiger partial charge on any atom is -0.493 e. The molecule has 0 unspecified atom stereocenters. The summed E-state index contributed by atoms with van der Waals surface area (Å²) in [6.07, 6.45) is 4.25. The minimum atomic E-state index is -0.0987. The van der Waals surface area contributed by atoms with Crippen LogP contribution in [0.25, 0.3) is 6.08 Å². The van der Waals surface area contributed by atoms with Crippen LogP contribution in [0.5, 0.6) is 17.2 Å². The van der Waals surface area contributed by atoms with Crippen molar-refractivity contribution in [2.24, 2.45) is 0 Å². The number of hydrogen-bond acceptors (Lipinski definition) is 4. The predicted molar refractivity (Wildman–Crippen MR) is 101 cm³/mol. The van der Waals surface area contributed by atoms with Crippen LogP contribution in [0.1, 0.15) is 29.3 Å². The number of carbonyl (C=O) groups excluding carboxylic acids is 1. The summed E-state index contributed by atoms with van der Waals surface area (Å²) in [5, 5.41) is 0. The number of rotatable bonds is 6. The van der Waals surface area contributed by atoms with E-state index in [4.69, 9.17) is 14.2 Å². The molecule has 0 spiro atoms. The monoisotopic (exact) mass is 402 g/mol. The third-order valence-electron chi connectivity index (χ3n) is 3.67. The van der Waals surface area contributed by atoms with Gasteiger partial charge in [0.15, 0.2) is 17.3 Å². The van der Waals surface area contributed by atoms with Gasteiger partial charge in [-0.3, -0.25) is 4.79 Å². The van der Waals surface area contributed by atoms with Crippen LogP contribution in [-0.2, 0) is 0 Å². The molecular formula is C20H19BrO4. The topological polar surface area (TPSA) is 44.8 Å². The number of ether oxygens (including phenoxy) is 3. The molecule has 0 radical (unpaired) electrons. The number of carbonyl (C=O) groups is 1. The lowest BCUT2D eigenvalue weighted by atomic mass is 10.1. The standard InChI is InChI=1S/C20H19BrO4/c1-2-9-23-18-8-5-16(21)12-15(18)3-6-17(22)14-4-7-19-20(13-14)25-11-10-24-19/h3-8,12-13H,2,9-11H2,1H3/b6-3+. The molecule has 0 saturated carbocycles. The second-order valence-electron chi connectivity index (χ2n) is 5.59. The highest BCUT2D eigenvalue weighted by Gasteiger charge is 2.14. The first-order valence-corrected chi connectivity index (χ1v) is 9.01. The largest absolute Gasteiger partial charge is 0.493 e. The summed E-state index contributed by atoms with van der Waals surface area (Å²) in [6, 6.07) is 11.0. The molecule has 1 aliphatic rings. The second-order valence-corrected chi connectivity index (χ2v) is 6.50. The Morgan fingerprint density at radius 3 is 2.76 bits per heavy atom. The maximum absolute atomic E-state index is 12.5. The lowest BCUT2D eigenvalue weighted by molar-refractivity contribution is 0.104. The lowest BCUT2D eigenvalue weighted by Gasteiger charge is -2.18. The van der Waals surface area contributed by atoms with Gasteiger partial charge in [0.2, 0.25) is 0 Å². The number of fused-ring (bicyclic) bond motifs is 1. The molecular weight excluding hydrogens is 384 g/mol. The molecule has 0 amide bonds. The summed E-state index contributed by atoms with van der Waals surface area (Å²) in [5.41, 5.74) is 1.42. The average molecular weight is 403 g/mol. The first-order valence-electron chi connectivity index (χ1n) is 8.22. The van der Waals surface area contributed by atoms with Gasteiger partial charge in [-0.05, 0) is 55.0 Å². The Balaban J connectivity index is 1.79. The van der Waals surface area contributed by atoms with Gasteiger partial charge in [0.1, 0.15) is 19.0 Å². The van der Waals surface area contributed by atoms with Crippen molar-refractivity contribution >= 4 is 27.8 Å². The smallest absolute Gasteiger partial charge is 0.185 e. The van der Waals surface area contributed by atoms with Crippen molar-refractivity contribution in [3.63, 3.8) is 0 Å². The molecule has 0 atom stereocenters. The van der Waals surface area contributed by atoms with Crippen molar-refractivity contribution in [3.8, 4) is 17.2 Å². The van der Waals surface area contributed by atoms with Gasteiger partial charge >= 0.3 is 0 Å². The SMILES string of the molecule is CCCOc1ccc(Br)cc1/C=C/C(=O)c1ccc2c(c1)OCCO2. The van der Waals surface area contributed by atoms with Crippen LogP contribution in [-0.4, -0.2) is 25.6 Å². The van der Waals surface area contributed by atoms with Gasteiger partial charge in [0.25, 0.3) is 0 Å². The van der Waals surface area contributed by atoms with Gasteiger partial charge in [0.05, 0.1) is 6.61 Å². The molecule has 2 aromatic carbocycles. The van der Waals surface area contributed by atoms with Crippen LogP contribution in [0.3, 0.4) is 0 Å². The highest BCUT2D eigenvalue weighted by atomic mass is 79.9. The van der Waals surface area contributed by atoms with Gasteiger partial charge in [0, 0.05) is 15.6 Å². The highest BCUT2D eigenvalue weighted by molar-refractivity contribution is 9.10. The van der Waals surface area contributed by atoms with Crippen LogP contribution in [0, 0.1) is 0 Å². The molecule has 0 N–H and O–H groups in total. The van der Waals surface area contributed by atoms with Crippen molar-refractivity contribution in [2.75, 3.05) is 19.8 Å². The maximum atomic E-state index is 12.5. The fourth-order valence-corrected chi connectivity index (χ4v) is 2.83. The van der Waals surface area contributed by atoms with Crippen LogP contribution >= 0.6 is 15.9 Å². The molecule has 130 valence electrons. The molecule has 1 heterocycles. The van der Waals surface area contributed by atoms with E-state index in [0.29, 0.717) is 36.9 Å². The van der Waals surface area contributed by atoms with Crippen molar-refractivity contribution in [1.82, 2.24) is 0 Å². The Kier molecular flexibility index (Phi) is 5.76. The normalized spacial score (nSPS) is 13.0. The molecule has 2 aromatic rings. The summed E-state index contributed by atoms with van der Waals surface area (Å²) >= 11 is 3.45. The van der Waals surface area contributed by atoms with Gasteiger partial charge in [-0.25, -0.2) is 0 Å². The van der Waals surface area contributed by atoms with Crippen LogP contribution < -0.4 is 14.2 Å². The number of halogens is 1. The van der Waals surface area contributed by atoms with Crippen LogP contribution in [0.15, 0.2) is 46.9 Å². The summed E-state index contributed by atoms with van der Waals surface area (Å²) in [6.45, 7) is 3.72. The third-order valence-corrected chi connectivity index (χ3v) is 4.17. The van der Waals surface area contributed by atoms with Gasteiger partial charge in [-0.2, -0.15) is 0 Å². The van der Waals surface area contributed by atoms with Gasteiger partial charge in [-0.15, -0.1) is 0 Å². The van der Waals surface area contributed by atoms with E-state index in [-0.39, 0.29) is 5.78 Å². The third kappa shape index (κ3) is 4.42. The second kappa shape index (κ2) is 8.21. The molecule has 5 heteroatoms. The zero-order valence-corrected chi connectivity index (χ0v) is 15.5. The summed E-state index contributed by atoms with van der Waals surface area (Å²) in [4.78, 5) is 12.5. The van der Waals surface area contributed by atoms with Crippen LogP contribution in [0.2, 0.25) is 0 Å². The summed E-state index contributed by atoms with van der Waals surface area (Å²) < 4.78 is 17.7. The molecule has 4 nitrogen and oxygen atoms in total. The fourth-order valence-electron chi connectivity index (χ4n) is 2.45. The van der Waals surface area contributed by atoms with Crippen LogP contribution in [0.4, 0.5) is 0 Å². The van der Waals surface area contributed by atoms with Crippen molar-refractivity contribution in [3.05, 3.63) is 58.1 Å². The van der Waals surface area contributed by atoms with Crippen molar-refractivity contribution < 1.29 is 19.0 Å². The van der Waals surface area contributed by atoms with Gasteiger partial charge < -0.3 is 14.2 Å². The van der Waals surface area contributed by atoms with Gasteiger partial charge in [-0.1, -0.05) is 22.9 Å². The zero-order chi connectivity index (χ0) is 17.6.